The third-order valence-electron chi connectivity index (χ3n) is 4.50. The second-order valence-corrected chi connectivity index (χ2v) is 6.28. The van der Waals surface area contributed by atoms with Gasteiger partial charge in [-0.1, -0.05) is 6.07 Å². The Hall–Kier alpha value is -3.29. The third-order valence-corrected chi connectivity index (χ3v) is 4.50. The maximum absolute atomic E-state index is 13.7. The summed E-state index contributed by atoms with van der Waals surface area (Å²) < 4.78 is 13.7. The highest BCUT2D eigenvalue weighted by Gasteiger charge is 2.26. The van der Waals surface area contributed by atoms with Gasteiger partial charge in [-0.3, -0.25) is 9.59 Å². The molecule has 0 unspecified atom stereocenters. The van der Waals surface area contributed by atoms with Gasteiger partial charge in [-0.15, -0.1) is 0 Å². The molecule has 3 rings (SSSR count). The summed E-state index contributed by atoms with van der Waals surface area (Å²) in [6.07, 6.45) is 1.28. The van der Waals surface area contributed by atoms with E-state index >= 15 is 0 Å². The van der Waals surface area contributed by atoms with E-state index < -0.39 is 11.8 Å². The molecule has 0 radical (unpaired) electrons. The molecule has 2 heterocycles. The van der Waals surface area contributed by atoms with Crippen LogP contribution in [-0.4, -0.2) is 63.9 Å². The molecule has 1 aliphatic rings. The van der Waals surface area contributed by atoms with Gasteiger partial charge in [0.1, 0.15) is 11.5 Å². The lowest BCUT2D eigenvalue weighted by molar-refractivity contribution is 0.0535. The van der Waals surface area contributed by atoms with Gasteiger partial charge in [-0.05, 0) is 36.8 Å². The van der Waals surface area contributed by atoms with Crippen molar-refractivity contribution in [2.45, 2.75) is 6.92 Å². The number of hydrogen-bond acceptors (Lipinski definition) is 4. The number of aromatic carboxylic acids is 1. The SMILES string of the molecule is Cc1ccc(C(=O)N2CCN(C(=O)c3ccnc(C(=O)O)c3)CC2)cc1F. The first-order valence-corrected chi connectivity index (χ1v) is 8.41. The summed E-state index contributed by atoms with van der Waals surface area (Å²) in [4.78, 5) is 42.9. The fraction of sp³-hybridized carbons (Fsp3) is 0.263. The number of nitrogens with zero attached hydrogens (tertiary/aromatic N) is 3. The molecule has 140 valence electrons. The summed E-state index contributed by atoms with van der Waals surface area (Å²) in [6, 6.07) is 7.06. The van der Waals surface area contributed by atoms with Crippen molar-refractivity contribution in [1.29, 1.82) is 0 Å². The number of carboxylic acids is 1. The van der Waals surface area contributed by atoms with E-state index in [1.807, 2.05) is 0 Å². The fourth-order valence-corrected chi connectivity index (χ4v) is 2.88. The zero-order chi connectivity index (χ0) is 19.6. The highest BCUT2D eigenvalue weighted by Crippen LogP contribution is 2.15. The van der Waals surface area contributed by atoms with Gasteiger partial charge < -0.3 is 14.9 Å². The lowest BCUT2D eigenvalue weighted by Gasteiger charge is -2.35. The molecule has 1 fully saturated rings. The first kappa shape index (κ1) is 18.5. The summed E-state index contributed by atoms with van der Waals surface area (Å²) in [5.41, 5.74) is 0.789. The van der Waals surface area contributed by atoms with Crippen LogP contribution in [-0.2, 0) is 0 Å². The van der Waals surface area contributed by atoms with Crippen molar-refractivity contribution in [3.63, 3.8) is 0 Å². The molecule has 27 heavy (non-hydrogen) atoms. The van der Waals surface area contributed by atoms with Gasteiger partial charge >= 0.3 is 5.97 Å². The molecule has 0 aliphatic carbocycles. The first-order chi connectivity index (χ1) is 12.9. The fourth-order valence-electron chi connectivity index (χ4n) is 2.88. The normalized spacial score (nSPS) is 14.1. The molecule has 0 bridgehead atoms. The molecule has 1 saturated heterocycles. The van der Waals surface area contributed by atoms with E-state index in [1.54, 1.807) is 28.9 Å². The molecule has 2 amide bonds. The Labute approximate surface area is 155 Å². The highest BCUT2D eigenvalue weighted by molar-refractivity contribution is 5.97. The smallest absolute Gasteiger partial charge is 0.354 e. The van der Waals surface area contributed by atoms with Crippen LogP contribution in [0.5, 0.6) is 0 Å². The quantitative estimate of drug-likeness (QED) is 0.889. The van der Waals surface area contributed by atoms with Gasteiger partial charge in [-0.25, -0.2) is 14.2 Å². The number of pyridine rings is 1. The number of amides is 2. The van der Waals surface area contributed by atoms with Crippen LogP contribution in [0.15, 0.2) is 36.5 Å². The Kier molecular flexibility index (Phi) is 5.16. The lowest BCUT2D eigenvalue weighted by atomic mass is 10.1. The van der Waals surface area contributed by atoms with Crippen LogP contribution in [0.4, 0.5) is 4.39 Å². The van der Waals surface area contributed by atoms with E-state index in [4.69, 9.17) is 5.11 Å². The van der Waals surface area contributed by atoms with Gasteiger partial charge in [-0.2, -0.15) is 0 Å². The number of rotatable bonds is 3. The molecule has 8 heteroatoms. The molecule has 1 aromatic heterocycles. The molecule has 0 spiro atoms. The molecule has 7 nitrogen and oxygen atoms in total. The van der Waals surface area contributed by atoms with Crippen molar-refractivity contribution in [3.05, 3.63) is 64.7 Å². The van der Waals surface area contributed by atoms with Crippen LogP contribution >= 0.6 is 0 Å². The molecular formula is C19H18FN3O4. The van der Waals surface area contributed by atoms with Gasteiger partial charge in [0, 0.05) is 43.5 Å². The van der Waals surface area contributed by atoms with E-state index in [-0.39, 0.29) is 28.6 Å². The highest BCUT2D eigenvalue weighted by atomic mass is 19.1. The van der Waals surface area contributed by atoms with Crippen molar-refractivity contribution >= 4 is 17.8 Å². The standard InChI is InChI=1S/C19H18FN3O4/c1-12-2-3-13(10-15(12)20)17(24)22-6-8-23(9-7-22)18(25)14-4-5-21-16(11-14)19(26)27/h2-5,10-11H,6-9H2,1H3,(H,26,27). The van der Waals surface area contributed by atoms with Gasteiger partial charge in [0.15, 0.2) is 0 Å². The van der Waals surface area contributed by atoms with Crippen LogP contribution in [0.1, 0.15) is 36.8 Å². The zero-order valence-electron chi connectivity index (χ0n) is 14.7. The van der Waals surface area contributed by atoms with Crippen LogP contribution in [0.25, 0.3) is 0 Å². The molecule has 1 N–H and O–H groups in total. The molecule has 1 aliphatic heterocycles. The number of aryl methyl sites for hydroxylation is 1. The third kappa shape index (κ3) is 3.94. The number of carbonyl (C=O) groups is 3. The monoisotopic (exact) mass is 371 g/mol. The number of carboxylic acid groups (broad SMARTS) is 1. The van der Waals surface area contributed by atoms with E-state index in [9.17, 15) is 18.8 Å². The van der Waals surface area contributed by atoms with E-state index in [1.165, 1.54) is 24.4 Å². The number of piperazine rings is 1. The van der Waals surface area contributed by atoms with Crippen LogP contribution < -0.4 is 0 Å². The number of benzene rings is 1. The summed E-state index contributed by atoms with van der Waals surface area (Å²) in [7, 11) is 0. The summed E-state index contributed by atoms with van der Waals surface area (Å²) in [5, 5.41) is 8.98. The van der Waals surface area contributed by atoms with Crippen molar-refractivity contribution in [2.75, 3.05) is 26.2 Å². The van der Waals surface area contributed by atoms with Crippen LogP contribution in [0.2, 0.25) is 0 Å². The topological polar surface area (TPSA) is 90.8 Å². The Morgan fingerprint density at radius 1 is 0.963 bits per heavy atom. The molecule has 0 atom stereocenters. The molecule has 2 aromatic rings. The van der Waals surface area contributed by atoms with Crippen molar-refractivity contribution in [3.8, 4) is 0 Å². The van der Waals surface area contributed by atoms with Crippen LogP contribution in [0, 0.1) is 12.7 Å². The average Bonchev–Trinajstić information content (AvgIpc) is 2.69. The van der Waals surface area contributed by atoms with Gasteiger partial charge in [0.05, 0.1) is 0 Å². The second kappa shape index (κ2) is 7.53. The minimum absolute atomic E-state index is 0.198. The predicted molar refractivity (Wildman–Crippen MR) is 94.1 cm³/mol. The first-order valence-electron chi connectivity index (χ1n) is 8.41. The summed E-state index contributed by atoms with van der Waals surface area (Å²) >= 11 is 0. The van der Waals surface area contributed by atoms with Crippen LogP contribution in [0.3, 0.4) is 0 Å². The predicted octanol–water partition coefficient (Wildman–Crippen LogP) is 1.83. The number of halogens is 1. The Balaban J connectivity index is 1.65. The lowest BCUT2D eigenvalue weighted by Crippen LogP contribution is -2.50. The van der Waals surface area contributed by atoms with E-state index in [2.05, 4.69) is 4.98 Å². The summed E-state index contributed by atoms with van der Waals surface area (Å²) in [6.45, 7) is 2.88. The molecular weight excluding hydrogens is 353 g/mol. The van der Waals surface area contributed by atoms with E-state index in [0.29, 0.717) is 31.7 Å². The Morgan fingerprint density at radius 3 is 2.04 bits per heavy atom. The zero-order valence-corrected chi connectivity index (χ0v) is 14.7. The number of hydrogen-bond donors (Lipinski definition) is 1. The van der Waals surface area contributed by atoms with Crippen molar-refractivity contribution in [2.24, 2.45) is 0 Å². The number of aromatic nitrogens is 1. The second-order valence-electron chi connectivity index (χ2n) is 6.28. The minimum atomic E-state index is -1.20. The Bertz CT molecular complexity index is 908. The molecule has 0 saturated carbocycles. The molecule has 1 aromatic carbocycles. The van der Waals surface area contributed by atoms with Crippen molar-refractivity contribution < 1.29 is 23.9 Å². The van der Waals surface area contributed by atoms with Gasteiger partial charge in [0.25, 0.3) is 11.8 Å². The van der Waals surface area contributed by atoms with E-state index in [0.717, 1.165) is 0 Å². The minimum Gasteiger partial charge on any atom is -0.477 e. The average molecular weight is 371 g/mol. The van der Waals surface area contributed by atoms with Crippen molar-refractivity contribution in [1.82, 2.24) is 14.8 Å². The largest absolute Gasteiger partial charge is 0.477 e. The Morgan fingerprint density at radius 2 is 1.52 bits per heavy atom. The maximum atomic E-state index is 13.7. The number of carbonyl (C=O) groups excluding carboxylic acids is 2. The van der Waals surface area contributed by atoms with Gasteiger partial charge in [0.2, 0.25) is 0 Å². The maximum Gasteiger partial charge on any atom is 0.354 e. The summed E-state index contributed by atoms with van der Waals surface area (Å²) in [5.74, 6) is -2.22.